The molecular formula is C32H20BF20N. The van der Waals surface area contributed by atoms with Gasteiger partial charge in [0.25, 0.3) is 0 Å². The Balaban J connectivity index is 0.000000772. The van der Waals surface area contributed by atoms with Gasteiger partial charge in [-0.1, -0.05) is 6.92 Å². The van der Waals surface area contributed by atoms with Gasteiger partial charge in [0, 0.05) is 0 Å². The number of hydrogen-bond donors (Lipinski definition) is 1. The molecule has 54 heavy (non-hydrogen) atoms. The summed E-state index contributed by atoms with van der Waals surface area (Å²) in [4.78, 5) is 1.72. The second kappa shape index (κ2) is 16.1. The van der Waals surface area contributed by atoms with E-state index in [9.17, 15) is 52.7 Å². The molecule has 1 N–H and O–H groups in total. The third-order valence-corrected chi connectivity index (χ3v) is 8.92. The Bertz CT molecular complexity index is 1730. The molecule has 0 aliphatic carbocycles. The molecule has 0 aromatic heterocycles. The van der Waals surface area contributed by atoms with E-state index in [4.69, 9.17) is 0 Å². The van der Waals surface area contributed by atoms with Crippen LogP contribution in [-0.4, -0.2) is 25.3 Å². The van der Waals surface area contributed by atoms with Gasteiger partial charge in [0.05, 0.1) is 19.1 Å². The molecule has 0 aliphatic heterocycles. The number of rotatable bonds is 8. The first-order valence-corrected chi connectivity index (χ1v) is 15.0. The van der Waals surface area contributed by atoms with Crippen molar-refractivity contribution >= 4 is 28.0 Å². The molecule has 0 fully saturated rings. The molecule has 0 spiro atoms. The molecule has 0 saturated heterocycles. The lowest BCUT2D eigenvalue weighted by molar-refractivity contribution is -0.920. The molecule has 4 aromatic rings. The van der Waals surface area contributed by atoms with E-state index < -0.39 is 144 Å². The Kier molecular flexibility index (Phi) is 13.1. The van der Waals surface area contributed by atoms with Crippen molar-refractivity contribution in [3.05, 3.63) is 116 Å². The van der Waals surface area contributed by atoms with Crippen LogP contribution in [0.5, 0.6) is 0 Å². The van der Waals surface area contributed by atoms with Gasteiger partial charge in [-0.25, -0.2) is 87.8 Å². The van der Waals surface area contributed by atoms with Crippen LogP contribution in [0.3, 0.4) is 0 Å². The van der Waals surface area contributed by atoms with Gasteiger partial charge < -0.3 is 4.90 Å². The monoisotopic (exact) mass is 809 g/mol. The van der Waals surface area contributed by atoms with Crippen molar-refractivity contribution in [3.63, 3.8) is 0 Å². The van der Waals surface area contributed by atoms with Gasteiger partial charge in [-0.05, 0) is 27.2 Å². The van der Waals surface area contributed by atoms with Gasteiger partial charge in [-0.15, -0.1) is 21.9 Å². The molecule has 0 heterocycles. The van der Waals surface area contributed by atoms with Crippen molar-refractivity contribution in [2.24, 2.45) is 0 Å². The first-order valence-electron chi connectivity index (χ1n) is 15.0. The molecule has 0 aliphatic rings. The highest BCUT2D eigenvalue weighted by atomic mass is 19.2. The number of hydrogen-bond acceptors (Lipinski definition) is 0. The number of nitrogens with one attached hydrogen (secondary N) is 1. The van der Waals surface area contributed by atoms with Gasteiger partial charge >= 0.3 is 0 Å². The van der Waals surface area contributed by atoms with E-state index in [0.29, 0.717) is 0 Å². The quantitative estimate of drug-likeness (QED) is 0.0892. The fourth-order valence-electron chi connectivity index (χ4n) is 6.11. The Morgan fingerprint density at radius 2 is 0.463 bits per heavy atom. The summed E-state index contributed by atoms with van der Waals surface area (Å²) in [7, 11) is 0. The van der Waals surface area contributed by atoms with Gasteiger partial charge in [0.2, 0.25) is 0 Å². The molecule has 4 aromatic carbocycles. The predicted octanol–water partition coefficient (Wildman–Crippen LogP) is 6.56. The summed E-state index contributed by atoms with van der Waals surface area (Å²) in [6, 6.07) is 0.847. The van der Waals surface area contributed by atoms with Crippen molar-refractivity contribution < 1.29 is 92.7 Å². The van der Waals surface area contributed by atoms with Crippen molar-refractivity contribution in [3.8, 4) is 0 Å². The van der Waals surface area contributed by atoms with Crippen molar-refractivity contribution in [1.82, 2.24) is 0 Å². The van der Waals surface area contributed by atoms with Gasteiger partial charge in [-0.2, -0.15) is 0 Å². The smallest absolute Gasteiger partial charge is 0.200 e. The normalized spacial score (nSPS) is 12.4. The molecule has 1 atom stereocenters. The van der Waals surface area contributed by atoms with Crippen LogP contribution in [-0.2, 0) is 0 Å². The highest BCUT2D eigenvalue weighted by Gasteiger charge is 2.52. The molecule has 1 nitrogen and oxygen atoms in total. The predicted molar refractivity (Wildman–Crippen MR) is 151 cm³/mol. The van der Waals surface area contributed by atoms with E-state index >= 15 is 35.1 Å². The average Bonchev–Trinajstić information content (AvgIpc) is 3.15. The van der Waals surface area contributed by atoms with E-state index in [0.717, 1.165) is 6.04 Å². The third-order valence-electron chi connectivity index (χ3n) is 8.92. The zero-order valence-electron chi connectivity index (χ0n) is 27.3. The molecule has 4 rings (SSSR count). The second-order valence-corrected chi connectivity index (χ2v) is 11.5. The van der Waals surface area contributed by atoms with Crippen LogP contribution in [0, 0.1) is 116 Å². The Hall–Kier alpha value is -4.50. The topological polar surface area (TPSA) is 4.44 Å². The highest BCUT2D eigenvalue weighted by Crippen LogP contribution is 2.30. The highest BCUT2D eigenvalue weighted by molar-refractivity contribution is 7.20. The number of benzene rings is 4. The molecule has 0 bridgehead atoms. The third kappa shape index (κ3) is 6.52. The van der Waals surface area contributed by atoms with Crippen LogP contribution < -0.4 is 26.8 Å². The van der Waals surface area contributed by atoms with E-state index in [2.05, 4.69) is 27.7 Å². The van der Waals surface area contributed by atoms with Crippen LogP contribution >= 0.6 is 0 Å². The lowest BCUT2D eigenvalue weighted by Gasteiger charge is -2.44. The largest absolute Gasteiger partial charge is 0.333 e. The van der Waals surface area contributed by atoms with E-state index in [-0.39, 0.29) is 0 Å². The number of halogens is 20. The standard InChI is InChI=1S/C24BF20.C8H19N/c26-5-1(6(27)14(35)21(42)13(5)34)25(2-7(28)15(36)22(43)16(37)8(2)29,3-9(30)17(38)23(44)18(39)10(3)31)4-11(32)19(40)24(45)20(41)12(4)33;1-5-8(4)9(6-2)7-3/h;8H,5-7H2,1-4H3/q-1;/p+1. The zero-order valence-corrected chi connectivity index (χ0v) is 27.3. The van der Waals surface area contributed by atoms with Gasteiger partial charge in [-0.3, -0.25) is 0 Å². The summed E-state index contributed by atoms with van der Waals surface area (Å²) in [6.07, 6.45) is -5.91. The fourth-order valence-corrected chi connectivity index (χ4v) is 6.11. The molecule has 0 saturated carbocycles. The minimum Gasteiger partial charge on any atom is -0.333 e. The van der Waals surface area contributed by atoms with Crippen molar-refractivity contribution in [2.45, 2.75) is 40.2 Å². The van der Waals surface area contributed by atoms with E-state index in [1.165, 1.54) is 19.5 Å². The summed E-state index contributed by atoms with van der Waals surface area (Å²) in [5, 5.41) is 0. The summed E-state index contributed by atoms with van der Waals surface area (Å²) >= 11 is 0. The summed E-state index contributed by atoms with van der Waals surface area (Å²) < 4.78 is 294. The van der Waals surface area contributed by atoms with Crippen molar-refractivity contribution in [1.29, 1.82) is 0 Å². The lowest BCUT2D eigenvalue weighted by atomic mass is 9.12. The maximum atomic E-state index is 15.4. The molecular weight excluding hydrogens is 789 g/mol. The van der Waals surface area contributed by atoms with Gasteiger partial charge in [0.15, 0.2) is 69.8 Å². The molecule has 1 unspecified atom stereocenters. The summed E-state index contributed by atoms with van der Waals surface area (Å²) in [5.74, 6) is -71.4. The first kappa shape index (κ1) is 43.9. The minimum absolute atomic E-state index is 0.847. The first-order chi connectivity index (χ1) is 25.0. The number of quaternary nitrogens is 1. The molecule has 0 amide bonds. The molecule has 22 heteroatoms. The van der Waals surface area contributed by atoms with Crippen LogP contribution in [0.1, 0.15) is 34.1 Å². The van der Waals surface area contributed by atoms with Crippen molar-refractivity contribution in [2.75, 3.05) is 13.1 Å². The summed E-state index contributed by atoms with van der Waals surface area (Å²) in [5.41, 5.74) is -14.3. The minimum atomic E-state index is -7.22. The van der Waals surface area contributed by atoms with E-state index in [1.807, 2.05) is 0 Å². The zero-order chi connectivity index (χ0) is 41.6. The van der Waals surface area contributed by atoms with Crippen LogP contribution in [0.2, 0.25) is 0 Å². The van der Waals surface area contributed by atoms with E-state index in [1.54, 1.807) is 4.90 Å². The van der Waals surface area contributed by atoms with Crippen LogP contribution in [0.4, 0.5) is 87.8 Å². The second-order valence-electron chi connectivity index (χ2n) is 11.5. The van der Waals surface area contributed by atoms with Gasteiger partial charge in [0.1, 0.15) is 52.7 Å². The lowest BCUT2D eigenvalue weighted by Crippen LogP contribution is -3.14. The molecule has 0 radical (unpaired) electrons. The fraction of sp³-hybridized carbons (Fsp3) is 0.250. The van der Waals surface area contributed by atoms with Crippen LogP contribution in [0.15, 0.2) is 0 Å². The van der Waals surface area contributed by atoms with Crippen LogP contribution in [0.25, 0.3) is 0 Å². The Morgan fingerprint density at radius 1 is 0.315 bits per heavy atom. The Morgan fingerprint density at radius 3 is 0.574 bits per heavy atom. The summed E-state index contributed by atoms with van der Waals surface area (Å²) in [6.45, 7) is 11.6. The Labute approximate surface area is 290 Å². The SMILES string of the molecule is CCC(C)[NH+](CC)CC.Fc1c(F)c(F)c([B-](c2c(F)c(F)c(F)c(F)c2F)(c2c(F)c(F)c(F)c(F)c2F)c2c(F)c(F)c(F)c(F)c2F)c(F)c1F. The average molecular weight is 809 g/mol. The maximum absolute atomic E-state index is 15.4. The molecule has 296 valence electrons. The maximum Gasteiger partial charge on any atom is 0.200 e.